The summed E-state index contributed by atoms with van der Waals surface area (Å²) in [5, 5.41) is 5.46. The summed E-state index contributed by atoms with van der Waals surface area (Å²) in [6.07, 6.45) is 1.55. The molecule has 2 N–H and O–H groups in total. The van der Waals surface area contributed by atoms with Crippen LogP contribution in [-0.4, -0.2) is 16.4 Å². The molecule has 1 aromatic heterocycles. The minimum absolute atomic E-state index is 0.0121. The smallest absolute Gasteiger partial charge is 0.244 e. The van der Waals surface area contributed by atoms with Gasteiger partial charge in [-0.1, -0.05) is 36.4 Å². The zero-order valence-electron chi connectivity index (χ0n) is 16.8. The third-order valence-electron chi connectivity index (χ3n) is 4.33. The highest BCUT2D eigenvalue weighted by Gasteiger charge is 2.10. The minimum Gasteiger partial charge on any atom is -0.483 e. The van der Waals surface area contributed by atoms with E-state index in [1.165, 1.54) is 13.0 Å². The van der Waals surface area contributed by atoms with Crippen LogP contribution in [0.2, 0.25) is 0 Å². The van der Waals surface area contributed by atoms with Crippen molar-refractivity contribution < 1.29 is 14.3 Å². The van der Waals surface area contributed by atoms with Crippen molar-refractivity contribution in [1.82, 2.24) is 4.57 Å². The number of nitrogens with one attached hydrogen (secondary N) is 2. The van der Waals surface area contributed by atoms with Crippen LogP contribution in [0.25, 0.3) is 0 Å². The zero-order valence-corrected chi connectivity index (χ0v) is 16.8. The fraction of sp³-hybridized carbons (Fsp3) is 0.174. The summed E-state index contributed by atoms with van der Waals surface area (Å²) in [5.41, 5.74) is 2.51. The molecule has 2 amide bonds. The maximum absolute atomic E-state index is 12.5. The second-order valence-corrected chi connectivity index (χ2v) is 6.86. The molecule has 0 unspecified atom stereocenters. The van der Waals surface area contributed by atoms with Gasteiger partial charge in [-0.15, -0.1) is 0 Å². The van der Waals surface area contributed by atoms with Crippen molar-refractivity contribution in [3.8, 4) is 5.75 Å². The molecule has 2 aromatic carbocycles. The number of hydrogen-bond donors (Lipinski definition) is 2. The van der Waals surface area contributed by atoms with Gasteiger partial charge in [-0.05, 0) is 30.7 Å². The van der Waals surface area contributed by atoms with Crippen molar-refractivity contribution in [3.05, 3.63) is 88.3 Å². The Morgan fingerprint density at radius 3 is 2.37 bits per heavy atom. The summed E-state index contributed by atoms with van der Waals surface area (Å²) < 4.78 is 7.33. The van der Waals surface area contributed by atoms with Gasteiger partial charge in [-0.2, -0.15) is 0 Å². The van der Waals surface area contributed by atoms with Gasteiger partial charge < -0.3 is 19.9 Å². The van der Waals surface area contributed by atoms with E-state index < -0.39 is 0 Å². The van der Waals surface area contributed by atoms with E-state index in [1.807, 2.05) is 30.3 Å². The van der Waals surface area contributed by atoms with E-state index in [0.29, 0.717) is 17.1 Å². The van der Waals surface area contributed by atoms with Gasteiger partial charge in [0.25, 0.3) is 0 Å². The number of carbonyl (C=O) groups excluding carboxylic acids is 2. The molecule has 0 fully saturated rings. The van der Waals surface area contributed by atoms with Gasteiger partial charge in [0.2, 0.25) is 17.2 Å². The quantitative estimate of drug-likeness (QED) is 0.631. The van der Waals surface area contributed by atoms with E-state index >= 15 is 0 Å². The Kier molecular flexibility index (Phi) is 6.64. The number of nitrogens with zero attached hydrogens (tertiary/aromatic N) is 1. The summed E-state index contributed by atoms with van der Waals surface area (Å²) in [4.78, 5) is 35.9. The molecule has 1 heterocycles. The number of amides is 2. The van der Waals surface area contributed by atoms with Gasteiger partial charge in [0.05, 0.1) is 6.20 Å². The van der Waals surface area contributed by atoms with Gasteiger partial charge in [-0.3, -0.25) is 14.4 Å². The zero-order chi connectivity index (χ0) is 21.5. The molecule has 154 valence electrons. The van der Waals surface area contributed by atoms with E-state index in [2.05, 4.69) is 10.6 Å². The number of anilines is 2. The highest BCUT2D eigenvalue weighted by atomic mass is 16.5. The summed E-state index contributed by atoms with van der Waals surface area (Å²) in [5.74, 6) is -0.272. The Labute approximate surface area is 174 Å². The van der Waals surface area contributed by atoms with E-state index in [1.54, 1.807) is 42.0 Å². The lowest BCUT2D eigenvalue weighted by atomic mass is 10.2. The average Bonchev–Trinajstić information content (AvgIpc) is 2.69. The third-order valence-corrected chi connectivity index (χ3v) is 4.33. The van der Waals surface area contributed by atoms with Crippen LogP contribution >= 0.6 is 0 Å². The van der Waals surface area contributed by atoms with Crippen molar-refractivity contribution in [1.29, 1.82) is 0 Å². The average molecular weight is 405 g/mol. The van der Waals surface area contributed by atoms with E-state index in [9.17, 15) is 14.4 Å². The molecular formula is C23H23N3O4. The Morgan fingerprint density at radius 2 is 1.67 bits per heavy atom. The number of carbonyl (C=O) groups is 2. The molecule has 0 aliphatic heterocycles. The SMILES string of the molecule is CC(=O)Nc1cccc(NC(=O)Cn2cc(OCc3ccccc3)c(=O)cc2C)c1. The van der Waals surface area contributed by atoms with E-state index in [4.69, 9.17) is 4.74 Å². The molecule has 0 atom stereocenters. The molecule has 3 rings (SSSR count). The fourth-order valence-electron chi connectivity index (χ4n) is 2.90. The van der Waals surface area contributed by atoms with Crippen LogP contribution in [0.5, 0.6) is 5.75 Å². The van der Waals surface area contributed by atoms with Crippen molar-refractivity contribution in [2.45, 2.75) is 27.0 Å². The van der Waals surface area contributed by atoms with Crippen LogP contribution in [0, 0.1) is 6.92 Å². The predicted molar refractivity (Wildman–Crippen MR) is 116 cm³/mol. The first-order valence-electron chi connectivity index (χ1n) is 9.46. The number of rotatable bonds is 7. The van der Waals surface area contributed by atoms with Crippen molar-refractivity contribution in [3.63, 3.8) is 0 Å². The topological polar surface area (TPSA) is 89.4 Å². The van der Waals surface area contributed by atoms with Gasteiger partial charge in [-0.25, -0.2) is 0 Å². The highest BCUT2D eigenvalue weighted by Crippen LogP contribution is 2.15. The van der Waals surface area contributed by atoms with Crippen molar-refractivity contribution in [2.24, 2.45) is 0 Å². The van der Waals surface area contributed by atoms with Gasteiger partial charge >= 0.3 is 0 Å². The Balaban J connectivity index is 1.69. The Hall–Kier alpha value is -3.87. The molecule has 0 aliphatic carbocycles. The second-order valence-electron chi connectivity index (χ2n) is 6.86. The van der Waals surface area contributed by atoms with Crippen LogP contribution in [0.3, 0.4) is 0 Å². The molecule has 0 bridgehead atoms. The largest absolute Gasteiger partial charge is 0.483 e. The van der Waals surface area contributed by atoms with Crippen LogP contribution in [0.1, 0.15) is 18.2 Å². The third kappa shape index (κ3) is 5.81. The number of ether oxygens (including phenoxy) is 1. The van der Waals surface area contributed by atoms with Crippen LogP contribution in [0.4, 0.5) is 11.4 Å². The van der Waals surface area contributed by atoms with Crippen molar-refractivity contribution >= 4 is 23.2 Å². The van der Waals surface area contributed by atoms with E-state index in [-0.39, 0.29) is 36.1 Å². The predicted octanol–water partition coefficient (Wildman–Crippen LogP) is 3.33. The molecule has 30 heavy (non-hydrogen) atoms. The highest BCUT2D eigenvalue weighted by molar-refractivity contribution is 5.93. The van der Waals surface area contributed by atoms with E-state index in [0.717, 1.165) is 5.56 Å². The minimum atomic E-state index is -0.268. The first-order valence-corrected chi connectivity index (χ1v) is 9.46. The van der Waals surface area contributed by atoms with Crippen LogP contribution < -0.4 is 20.8 Å². The lowest BCUT2D eigenvalue weighted by Gasteiger charge is -2.14. The summed E-state index contributed by atoms with van der Waals surface area (Å²) in [7, 11) is 0. The summed E-state index contributed by atoms with van der Waals surface area (Å²) >= 11 is 0. The van der Waals surface area contributed by atoms with Crippen molar-refractivity contribution in [2.75, 3.05) is 10.6 Å². The molecule has 0 radical (unpaired) electrons. The standard InChI is InChI=1S/C23H23N3O4/c1-16-11-21(28)22(30-15-18-7-4-3-5-8-18)13-26(16)14-23(29)25-20-10-6-9-19(12-20)24-17(2)27/h3-13H,14-15H2,1-2H3,(H,24,27)(H,25,29). The molecule has 7 heteroatoms. The van der Waals surface area contributed by atoms with Gasteiger partial charge in [0.15, 0.2) is 5.75 Å². The summed E-state index contributed by atoms with van der Waals surface area (Å²) in [6, 6.07) is 17.9. The Bertz CT molecular complexity index is 1110. The van der Waals surface area contributed by atoms with Gasteiger partial charge in [0, 0.05) is 30.1 Å². The molecule has 7 nitrogen and oxygen atoms in total. The normalized spacial score (nSPS) is 10.3. The van der Waals surface area contributed by atoms with Crippen LogP contribution in [-0.2, 0) is 22.7 Å². The first kappa shape index (κ1) is 20.9. The molecule has 0 aliphatic rings. The molecule has 0 spiro atoms. The van der Waals surface area contributed by atoms with Crippen LogP contribution in [0.15, 0.2) is 71.7 Å². The Morgan fingerprint density at radius 1 is 0.967 bits per heavy atom. The fourth-order valence-corrected chi connectivity index (χ4v) is 2.90. The maximum Gasteiger partial charge on any atom is 0.244 e. The monoisotopic (exact) mass is 405 g/mol. The molecular weight excluding hydrogens is 382 g/mol. The lowest BCUT2D eigenvalue weighted by molar-refractivity contribution is -0.117. The number of pyridine rings is 1. The molecule has 0 saturated carbocycles. The number of aryl methyl sites for hydroxylation is 1. The van der Waals surface area contributed by atoms with Gasteiger partial charge in [0.1, 0.15) is 13.2 Å². The summed E-state index contributed by atoms with van der Waals surface area (Å²) in [6.45, 7) is 3.45. The first-order chi connectivity index (χ1) is 14.4. The maximum atomic E-state index is 12.5. The number of benzene rings is 2. The molecule has 3 aromatic rings. The number of aromatic nitrogens is 1. The lowest BCUT2D eigenvalue weighted by Crippen LogP contribution is -2.22. The molecule has 0 saturated heterocycles. The number of hydrogen-bond acceptors (Lipinski definition) is 4. The second kappa shape index (κ2) is 9.56.